The molecule has 9 heteroatoms. The summed E-state index contributed by atoms with van der Waals surface area (Å²) >= 11 is 0. The Hall–Kier alpha value is -1.61. The van der Waals surface area contributed by atoms with Crippen molar-refractivity contribution in [2.24, 2.45) is 0 Å². The lowest BCUT2D eigenvalue weighted by Gasteiger charge is -2.36. The zero-order valence-electron chi connectivity index (χ0n) is 10.1. The first-order chi connectivity index (χ1) is 8.46. The normalized spacial score (nSPS) is 15.3. The highest BCUT2D eigenvalue weighted by molar-refractivity contribution is 7.86. The molecule has 1 aliphatic rings. The van der Waals surface area contributed by atoms with Gasteiger partial charge in [-0.2, -0.15) is 8.42 Å². The predicted molar refractivity (Wildman–Crippen MR) is 63.6 cm³/mol. The van der Waals surface area contributed by atoms with Gasteiger partial charge in [-0.1, -0.05) is 0 Å². The van der Waals surface area contributed by atoms with Crippen molar-refractivity contribution in [1.29, 1.82) is 0 Å². The largest absolute Gasteiger partial charge is 0.432 e. The summed E-state index contributed by atoms with van der Waals surface area (Å²) in [5, 5.41) is 2.25. The van der Waals surface area contributed by atoms with Gasteiger partial charge in [-0.3, -0.25) is 8.98 Å². The molecule has 0 aliphatic carbocycles. The molecule has 1 aromatic rings. The van der Waals surface area contributed by atoms with Gasteiger partial charge in [0.15, 0.2) is 0 Å². The monoisotopic (exact) mass is 277 g/mol. The molecule has 0 unspecified atom stereocenters. The molecular formula is C9H15N3O5S. The van der Waals surface area contributed by atoms with Crippen LogP contribution in [0.15, 0.2) is 16.9 Å². The molecule has 1 N–H and O–H groups in total. The van der Waals surface area contributed by atoms with Gasteiger partial charge in [-0.25, -0.2) is 4.98 Å². The molecule has 102 valence electrons. The van der Waals surface area contributed by atoms with Gasteiger partial charge in [0.1, 0.15) is 12.4 Å². The van der Waals surface area contributed by atoms with Crippen LogP contribution in [0.1, 0.15) is 0 Å². The topological polar surface area (TPSA) is 102 Å². The Morgan fingerprint density at radius 3 is 2.61 bits per heavy atom. The van der Waals surface area contributed by atoms with Crippen molar-refractivity contribution in [2.45, 2.75) is 6.10 Å². The van der Waals surface area contributed by atoms with Crippen LogP contribution in [0, 0.1) is 0 Å². The fraction of sp³-hybridized carbons (Fsp3) is 0.556. The zero-order valence-corrected chi connectivity index (χ0v) is 10.9. The van der Waals surface area contributed by atoms with E-state index in [1.54, 1.807) is 18.1 Å². The van der Waals surface area contributed by atoms with Crippen molar-refractivity contribution in [1.82, 2.24) is 10.3 Å². The average Bonchev–Trinajstić information content (AvgIpc) is 2.75. The molecule has 1 aliphatic heterocycles. The Morgan fingerprint density at radius 1 is 1.61 bits per heavy atom. The third-order valence-electron chi connectivity index (χ3n) is 1.97. The average molecular weight is 277 g/mol. The van der Waals surface area contributed by atoms with E-state index < -0.39 is 10.1 Å². The summed E-state index contributed by atoms with van der Waals surface area (Å²) in [5.41, 5.74) is 0. The highest BCUT2D eigenvalue weighted by Gasteiger charge is 2.32. The maximum absolute atomic E-state index is 10.7. The number of amides is 1. The van der Waals surface area contributed by atoms with Crippen LogP contribution in [-0.2, 0) is 19.1 Å². The lowest BCUT2D eigenvalue weighted by atomic mass is 10.2. The van der Waals surface area contributed by atoms with E-state index in [9.17, 15) is 8.42 Å². The molecule has 2 rings (SSSR count). The summed E-state index contributed by atoms with van der Waals surface area (Å²) < 4.78 is 31.3. The molecule has 0 atom stereocenters. The maximum atomic E-state index is 10.7. The van der Waals surface area contributed by atoms with Crippen LogP contribution in [0.5, 0.6) is 0 Å². The second kappa shape index (κ2) is 6.36. The van der Waals surface area contributed by atoms with Crippen LogP contribution >= 0.6 is 0 Å². The van der Waals surface area contributed by atoms with Gasteiger partial charge in [-0.15, -0.1) is 0 Å². The third kappa shape index (κ3) is 4.72. The Morgan fingerprint density at radius 2 is 2.22 bits per heavy atom. The standard InChI is InChI=1S/C7H10N2O4S.C2H5NO/c1-14(10,11)13-6-4-9(5-6)7-8-2-3-12-7;1-3-2-4/h2-3,6H,4-5H2,1H3;2H,1H3,(H,3,4). The van der Waals surface area contributed by atoms with Gasteiger partial charge in [-0.05, 0) is 0 Å². The molecule has 2 heterocycles. The lowest BCUT2D eigenvalue weighted by Crippen LogP contribution is -2.53. The van der Waals surface area contributed by atoms with Crippen molar-refractivity contribution in [3.8, 4) is 0 Å². The van der Waals surface area contributed by atoms with Gasteiger partial charge in [0.05, 0.1) is 25.5 Å². The van der Waals surface area contributed by atoms with Crippen LogP contribution < -0.4 is 10.2 Å². The molecule has 8 nitrogen and oxygen atoms in total. The molecule has 0 radical (unpaired) electrons. The summed E-state index contributed by atoms with van der Waals surface area (Å²) in [6.45, 7) is 0.987. The summed E-state index contributed by atoms with van der Waals surface area (Å²) in [5.74, 6) is 0. The molecule has 0 saturated carbocycles. The van der Waals surface area contributed by atoms with Gasteiger partial charge in [0.25, 0.3) is 16.1 Å². The van der Waals surface area contributed by atoms with E-state index in [1.165, 1.54) is 6.26 Å². The van der Waals surface area contributed by atoms with E-state index in [-0.39, 0.29) is 6.10 Å². The van der Waals surface area contributed by atoms with E-state index >= 15 is 0 Å². The van der Waals surface area contributed by atoms with Crippen molar-refractivity contribution < 1.29 is 21.8 Å². The number of aromatic nitrogens is 1. The minimum atomic E-state index is -3.35. The predicted octanol–water partition coefficient (Wildman–Crippen LogP) is -0.798. The van der Waals surface area contributed by atoms with E-state index in [0.717, 1.165) is 6.26 Å². The molecule has 1 amide bonds. The molecular weight excluding hydrogens is 262 g/mol. The molecule has 0 aromatic carbocycles. The van der Waals surface area contributed by atoms with Gasteiger partial charge < -0.3 is 14.6 Å². The Kier molecular flexibility index (Phi) is 5.10. The quantitative estimate of drug-likeness (QED) is 0.568. The highest BCUT2D eigenvalue weighted by atomic mass is 32.2. The fourth-order valence-electron chi connectivity index (χ4n) is 1.27. The van der Waals surface area contributed by atoms with Gasteiger partial charge in [0, 0.05) is 7.05 Å². The van der Waals surface area contributed by atoms with E-state index in [4.69, 9.17) is 13.4 Å². The number of carbonyl (C=O) groups is 1. The number of hydrogen-bond donors (Lipinski definition) is 1. The van der Waals surface area contributed by atoms with Crippen molar-refractivity contribution in [2.75, 3.05) is 31.3 Å². The molecule has 1 aromatic heterocycles. The fourth-order valence-corrected chi connectivity index (χ4v) is 1.89. The molecule has 1 saturated heterocycles. The van der Waals surface area contributed by atoms with E-state index in [0.29, 0.717) is 25.5 Å². The van der Waals surface area contributed by atoms with Crippen LogP contribution in [0.25, 0.3) is 0 Å². The highest BCUT2D eigenvalue weighted by Crippen LogP contribution is 2.20. The lowest BCUT2D eigenvalue weighted by molar-refractivity contribution is -0.109. The Bertz CT molecular complexity index is 453. The first-order valence-electron chi connectivity index (χ1n) is 5.10. The number of rotatable bonds is 4. The summed E-state index contributed by atoms with van der Waals surface area (Å²) in [4.78, 5) is 14.8. The Labute approximate surface area is 105 Å². The minimum Gasteiger partial charge on any atom is -0.432 e. The van der Waals surface area contributed by atoms with Crippen LogP contribution in [0.4, 0.5) is 6.01 Å². The number of hydrogen-bond acceptors (Lipinski definition) is 7. The summed E-state index contributed by atoms with van der Waals surface area (Å²) in [7, 11) is -1.79. The number of carbonyl (C=O) groups excluding carboxylic acids is 1. The second-order valence-corrected chi connectivity index (χ2v) is 5.15. The number of nitrogens with zero attached hydrogens (tertiary/aromatic N) is 2. The van der Waals surface area contributed by atoms with E-state index in [2.05, 4.69) is 10.3 Å². The zero-order chi connectivity index (χ0) is 13.6. The third-order valence-corrected chi connectivity index (χ3v) is 2.59. The molecule has 18 heavy (non-hydrogen) atoms. The maximum Gasteiger partial charge on any atom is 0.297 e. The van der Waals surface area contributed by atoms with Gasteiger partial charge >= 0.3 is 0 Å². The number of nitrogens with one attached hydrogen (secondary N) is 1. The molecule has 0 bridgehead atoms. The first-order valence-corrected chi connectivity index (χ1v) is 6.91. The van der Waals surface area contributed by atoms with E-state index in [1.807, 2.05) is 0 Å². The van der Waals surface area contributed by atoms with Crippen molar-refractivity contribution >= 4 is 22.5 Å². The smallest absolute Gasteiger partial charge is 0.297 e. The van der Waals surface area contributed by atoms with Gasteiger partial charge in [0.2, 0.25) is 6.41 Å². The van der Waals surface area contributed by atoms with Crippen molar-refractivity contribution in [3.05, 3.63) is 12.5 Å². The van der Waals surface area contributed by atoms with Crippen LogP contribution in [-0.4, -0.2) is 52.3 Å². The SMILES string of the molecule is CNC=O.CS(=O)(=O)OC1CN(c2ncco2)C1. The summed E-state index contributed by atoms with van der Waals surface area (Å²) in [6, 6.07) is 0.498. The molecule has 1 fully saturated rings. The molecule has 0 spiro atoms. The minimum absolute atomic E-state index is 0.281. The Balaban J connectivity index is 0.000000357. The number of anilines is 1. The van der Waals surface area contributed by atoms with Crippen LogP contribution in [0.2, 0.25) is 0 Å². The first kappa shape index (κ1) is 14.5. The second-order valence-electron chi connectivity index (χ2n) is 3.55. The number of oxazole rings is 1. The summed E-state index contributed by atoms with van der Waals surface area (Å²) in [6.07, 6.45) is 4.40. The van der Waals surface area contributed by atoms with Crippen molar-refractivity contribution in [3.63, 3.8) is 0 Å². The van der Waals surface area contributed by atoms with Crippen LogP contribution in [0.3, 0.4) is 0 Å².